The molecule has 1 aliphatic rings. The molecular weight excluding hydrogens is 931 g/mol. The Balaban J connectivity index is 0.913. The van der Waals surface area contributed by atoms with Crippen LogP contribution < -0.4 is 24.6 Å². The van der Waals surface area contributed by atoms with E-state index in [1.807, 2.05) is 85.1 Å². The molecule has 13 aromatic rings. The van der Waals surface area contributed by atoms with Gasteiger partial charge in [0.2, 0.25) is 0 Å². The number of rotatable bonds is 9. The Bertz CT molecular complexity index is 4750. The molecule has 0 atom stereocenters. The number of fused-ring (bicyclic) bond motifs is 6. The Labute approximate surface area is 451 Å². The fraction of sp³-hybridized carbons (Fsp3) is 0.0294. The maximum Gasteiger partial charge on any atom is 0.269 e. The summed E-state index contributed by atoms with van der Waals surface area (Å²) in [7, 11) is -2.04. The first-order valence-electron chi connectivity index (χ1n) is 29.7. The van der Waals surface area contributed by atoms with Crippen LogP contribution in [-0.4, -0.2) is 22.2 Å². The summed E-state index contributed by atoms with van der Waals surface area (Å²) < 4.78 is 100. The minimum absolute atomic E-state index is 0.136. The molecule has 0 aliphatic carbocycles. The Morgan fingerprint density at radius 3 is 1.88 bits per heavy atom. The van der Waals surface area contributed by atoms with E-state index in [2.05, 4.69) is 126 Å². The summed E-state index contributed by atoms with van der Waals surface area (Å²) in [5.74, 6) is 1.79. The van der Waals surface area contributed by atoms with Crippen LogP contribution in [-0.2, 0) is 0 Å². The van der Waals surface area contributed by atoms with Crippen molar-refractivity contribution in [2.75, 3.05) is 4.90 Å². The maximum atomic E-state index is 9.10. The van der Waals surface area contributed by atoms with E-state index in [4.69, 9.17) is 23.4 Å². The quantitative estimate of drug-likeness (QED) is 0.0822. The zero-order valence-corrected chi connectivity index (χ0v) is 41.7. The lowest BCUT2D eigenvalue weighted by atomic mass is 9.95. The smallest absolute Gasteiger partial charge is 0.269 e. The molecule has 75 heavy (non-hydrogen) atoms. The fourth-order valence-electron chi connectivity index (χ4n) is 10.9. The number of ether oxygens (including phenoxy) is 1. The summed E-state index contributed by atoms with van der Waals surface area (Å²) in [5.41, 5.74) is 9.37. The first kappa shape index (κ1) is 34.7. The first-order valence-corrected chi connectivity index (χ1v) is 27.7. The molecule has 10 aromatic carbocycles. The van der Waals surface area contributed by atoms with Gasteiger partial charge in [0, 0.05) is 40.5 Å². The third-order valence-corrected chi connectivity index (χ3v) is 17.9. The van der Waals surface area contributed by atoms with Crippen LogP contribution in [0.3, 0.4) is 0 Å². The van der Waals surface area contributed by atoms with Gasteiger partial charge in [0.25, 0.3) is 6.33 Å². The predicted octanol–water partition coefficient (Wildman–Crippen LogP) is 15.6. The molecule has 0 fully saturated rings. The summed E-state index contributed by atoms with van der Waals surface area (Å²) in [6.07, 6.45) is 5.36. The topological polar surface area (TPSA) is 39.1 Å². The van der Waals surface area contributed by atoms with Crippen molar-refractivity contribution in [3.8, 4) is 62.1 Å². The van der Waals surface area contributed by atoms with Crippen LogP contribution in [0, 0.1) is 6.33 Å². The summed E-state index contributed by atoms with van der Waals surface area (Å²) in [6, 6.07) is 59.2. The second-order valence-electron chi connectivity index (χ2n) is 19.0. The van der Waals surface area contributed by atoms with Gasteiger partial charge in [0.1, 0.15) is 25.4 Å². The monoisotopic (exact) mass is 989 g/mol. The standard InChI is InChI=1S/C68H49N5OSi/c1-75(2)65-34-16-14-32-62(65)72(63-33-15-17-35-66(63)75)52-40-41-69-67(44-52)73-59-39-36-50(47-20-6-3-7-21-47)42-58(59)57-38-37-54(45-64(57)73)74-53-27-18-26-51(43-53)70-46-71(61-31-13-12-30-60(61)70)68-55(48-22-8-4-9-23-48)28-19-29-56(68)49-24-10-5-11-25-49/h3-45H,1-2H3/i4D,5D,8D,9D,10D,11D,22D,23D,24D,25D. The summed E-state index contributed by atoms with van der Waals surface area (Å²) in [6.45, 7) is 4.84. The number of aromatic nitrogens is 4. The van der Waals surface area contributed by atoms with Gasteiger partial charge in [-0.1, -0.05) is 195 Å². The summed E-state index contributed by atoms with van der Waals surface area (Å²) >= 11 is 0. The molecule has 0 unspecified atom stereocenters. The normalized spacial score (nSPS) is 14.6. The van der Waals surface area contributed by atoms with E-state index in [0.717, 1.165) is 44.4 Å². The minimum atomic E-state index is -2.04. The first-order chi connectivity index (χ1) is 41.1. The number of anilines is 3. The third-order valence-electron chi connectivity index (χ3n) is 14.4. The molecule has 7 heteroatoms. The summed E-state index contributed by atoms with van der Waals surface area (Å²) in [5, 5.41) is 4.78. The number of nitrogens with zero attached hydrogens (tertiary/aromatic N) is 5. The molecule has 1 aliphatic heterocycles. The number of hydrogen-bond acceptors (Lipinski definition) is 3. The molecule has 0 bridgehead atoms. The van der Waals surface area contributed by atoms with Crippen molar-refractivity contribution >= 4 is 68.3 Å². The van der Waals surface area contributed by atoms with E-state index in [9.17, 15) is 0 Å². The van der Waals surface area contributed by atoms with E-state index in [1.54, 1.807) is 27.3 Å². The van der Waals surface area contributed by atoms with Gasteiger partial charge in [0.15, 0.2) is 0 Å². The Kier molecular flexibility index (Phi) is 8.28. The van der Waals surface area contributed by atoms with Gasteiger partial charge in [-0.05, 0) is 104 Å². The lowest BCUT2D eigenvalue weighted by molar-refractivity contribution is -0.571. The van der Waals surface area contributed by atoms with Crippen molar-refractivity contribution in [1.82, 2.24) is 14.1 Å². The highest BCUT2D eigenvalue weighted by Gasteiger charge is 2.38. The molecule has 3 aromatic heterocycles. The molecule has 0 amide bonds. The van der Waals surface area contributed by atoms with Crippen LogP contribution in [0.2, 0.25) is 13.1 Å². The van der Waals surface area contributed by atoms with E-state index in [0.29, 0.717) is 28.2 Å². The van der Waals surface area contributed by atoms with Crippen molar-refractivity contribution in [2.24, 2.45) is 0 Å². The van der Waals surface area contributed by atoms with Gasteiger partial charge in [-0.2, -0.15) is 0 Å². The minimum Gasteiger partial charge on any atom is -0.458 e. The Morgan fingerprint density at radius 2 is 1.15 bits per heavy atom. The van der Waals surface area contributed by atoms with Crippen LogP contribution in [0.25, 0.3) is 83.4 Å². The lowest BCUT2D eigenvalue weighted by Gasteiger charge is -2.41. The van der Waals surface area contributed by atoms with Gasteiger partial charge < -0.3 is 9.64 Å². The van der Waals surface area contributed by atoms with Crippen LogP contribution in [0.1, 0.15) is 13.7 Å². The average Bonchev–Trinajstić information content (AvgIpc) is 2.10. The number of imidazole rings is 1. The highest BCUT2D eigenvalue weighted by Crippen LogP contribution is 2.42. The van der Waals surface area contributed by atoms with E-state index in [-0.39, 0.29) is 27.9 Å². The molecule has 0 spiro atoms. The van der Waals surface area contributed by atoms with Crippen LogP contribution in [0.4, 0.5) is 17.1 Å². The number of benzene rings is 10. The zero-order chi connectivity index (χ0) is 58.7. The second-order valence-corrected chi connectivity index (χ2v) is 23.4. The van der Waals surface area contributed by atoms with E-state index >= 15 is 0 Å². The third kappa shape index (κ3) is 7.47. The number of para-hydroxylation sites is 5. The van der Waals surface area contributed by atoms with Crippen LogP contribution >= 0.6 is 0 Å². The molecule has 14 rings (SSSR count). The van der Waals surface area contributed by atoms with Crippen LogP contribution in [0.15, 0.2) is 261 Å². The lowest BCUT2D eigenvalue weighted by Crippen LogP contribution is -2.58. The van der Waals surface area contributed by atoms with Gasteiger partial charge in [-0.15, -0.1) is 0 Å². The van der Waals surface area contributed by atoms with Crippen molar-refractivity contribution in [3.05, 3.63) is 267 Å². The van der Waals surface area contributed by atoms with Gasteiger partial charge >= 0.3 is 0 Å². The molecule has 0 saturated carbocycles. The van der Waals surface area contributed by atoms with Crippen molar-refractivity contribution < 1.29 is 23.0 Å². The Hall–Kier alpha value is -9.56. The van der Waals surface area contributed by atoms with Crippen molar-refractivity contribution in [2.45, 2.75) is 13.1 Å². The number of pyridine rings is 1. The molecule has 0 saturated heterocycles. The van der Waals surface area contributed by atoms with Crippen molar-refractivity contribution in [3.63, 3.8) is 0 Å². The Morgan fingerprint density at radius 1 is 0.493 bits per heavy atom. The zero-order valence-electron chi connectivity index (χ0n) is 50.7. The van der Waals surface area contributed by atoms with Gasteiger partial charge in [-0.3, -0.25) is 13.7 Å². The predicted molar refractivity (Wildman–Crippen MR) is 310 cm³/mol. The van der Waals surface area contributed by atoms with Gasteiger partial charge in [-0.25, -0.2) is 4.98 Å². The molecule has 4 heterocycles. The summed E-state index contributed by atoms with van der Waals surface area (Å²) in [4.78, 5) is 7.46. The molecular formula is C68H49N5OSi. The molecule has 6 nitrogen and oxygen atoms in total. The average molecular weight is 990 g/mol. The highest BCUT2D eigenvalue weighted by atomic mass is 28.3. The molecule has 0 N–H and O–H groups in total. The van der Waals surface area contributed by atoms with Gasteiger partial charge in [0.05, 0.1) is 52.8 Å². The number of hydrogen-bond donors (Lipinski definition) is 0. The van der Waals surface area contributed by atoms with Crippen LogP contribution in [0.5, 0.6) is 11.5 Å². The molecule has 0 radical (unpaired) electrons. The fourth-order valence-corrected chi connectivity index (χ4v) is 13.9. The van der Waals surface area contributed by atoms with E-state index in [1.165, 1.54) is 21.7 Å². The highest BCUT2D eigenvalue weighted by molar-refractivity contribution is 7.02. The van der Waals surface area contributed by atoms with E-state index < -0.39 is 68.5 Å². The molecule has 356 valence electrons. The maximum absolute atomic E-state index is 9.10. The second kappa shape index (κ2) is 17.9. The van der Waals surface area contributed by atoms with Crippen molar-refractivity contribution in [1.29, 1.82) is 0 Å². The largest absolute Gasteiger partial charge is 0.458 e. The SMILES string of the molecule is [2H]c1c([2H])c([2H])c(-c2cccc(-c3c([2H])c([2H])c([2H])c([2H])c3[2H])c2-[n+]2[c-]n(-c3cccc(Oc4ccc5c6cc(-c7ccccc7)ccc6n(-c6cc(N7c8ccccc8[Si](C)(C)c8ccccc87)ccn6)c5c4)c3)c3ccccc32)c([2H])c1[2H].